The standard InChI is InChI=1S/C8H14BrN3/c1-6(2)12-5-7(9)11-8(12)4-10-3/h5-6,10H,4H2,1-3H3. The molecule has 0 aliphatic heterocycles. The van der Waals surface area contributed by atoms with Crippen LogP contribution < -0.4 is 5.32 Å². The molecule has 1 N–H and O–H groups in total. The molecule has 0 fully saturated rings. The van der Waals surface area contributed by atoms with Crippen LogP contribution in [0.4, 0.5) is 0 Å². The Labute approximate surface area is 81.3 Å². The minimum atomic E-state index is 0.465. The zero-order valence-corrected chi connectivity index (χ0v) is 9.22. The van der Waals surface area contributed by atoms with Gasteiger partial charge in [-0.3, -0.25) is 0 Å². The van der Waals surface area contributed by atoms with Crippen molar-refractivity contribution in [3.05, 3.63) is 16.6 Å². The Morgan fingerprint density at radius 1 is 1.67 bits per heavy atom. The van der Waals surface area contributed by atoms with E-state index < -0.39 is 0 Å². The highest BCUT2D eigenvalue weighted by Gasteiger charge is 2.07. The van der Waals surface area contributed by atoms with E-state index in [1.165, 1.54) is 0 Å². The fraction of sp³-hybridized carbons (Fsp3) is 0.625. The van der Waals surface area contributed by atoms with Gasteiger partial charge in [-0.1, -0.05) is 0 Å². The van der Waals surface area contributed by atoms with Gasteiger partial charge in [-0.15, -0.1) is 0 Å². The minimum absolute atomic E-state index is 0.465. The van der Waals surface area contributed by atoms with Gasteiger partial charge in [-0.25, -0.2) is 4.98 Å². The summed E-state index contributed by atoms with van der Waals surface area (Å²) in [6.07, 6.45) is 2.01. The van der Waals surface area contributed by atoms with Gasteiger partial charge in [0.1, 0.15) is 10.4 Å². The fourth-order valence-electron chi connectivity index (χ4n) is 1.14. The molecule has 0 saturated carbocycles. The van der Waals surface area contributed by atoms with Crippen molar-refractivity contribution in [3.8, 4) is 0 Å². The van der Waals surface area contributed by atoms with Crippen LogP contribution in [0, 0.1) is 0 Å². The quantitative estimate of drug-likeness (QED) is 0.863. The minimum Gasteiger partial charge on any atom is -0.330 e. The molecule has 1 aromatic rings. The maximum atomic E-state index is 4.34. The Bertz CT molecular complexity index is 255. The molecule has 0 aromatic carbocycles. The molecule has 12 heavy (non-hydrogen) atoms. The molecule has 1 aromatic heterocycles. The van der Waals surface area contributed by atoms with Gasteiger partial charge >= 0.3 is 0 Å². The molecule has 68 valence electrons. The molecule has 0 radical (unpaired) electrons. The van der Waals surface area contributed by atoms with E-state index in [4.69, 9.17) is 0 Å². The Balaban J connectivity index is 2.92. The molecule has 0 amide bonds. The molecule has 0 bridgehead atoms. The van der Waals surface area contributed by atoms with Crippen LogP contribution in [-0.2, 0) is 6.54 Å². The summed E-state index contributed by atoms with van der Waals surface area (Å²) in [5.41, 5.74) is 0. The third-order valence-electron chi connectivity index (χ3n) is 1.67. The van der Waals surface area contributed by atoms with Gasteiger partial charge in [0.25, 0.3) is 0 Å². The number of imidazole rings is 1. The average molecular weight is 232 g/mol. The number of nitrogens with one attached hydrogen (secondary N) is 1. The van der Waals surface area contributed by atoms with Gasteiger partial charge < -0.3 is 9.88 Å². The van der Waals surface area contributed by atoms with E-state index >= 15 is 0 Å². The zero-order chi connectivity index (χ0) is 9.14. The zero-order valence-electron chi connectivity index (χ0n) is 7.63. The maximum Gasteiger partial charge on any atom is 0.124 e. The van der Waals surface area contributed by atoms with Crippen molar-refractivity contribution in [2.75, 3.05) is 7.05 Å². The van der Waals surface area contributed by atoms with Crippen molar-refractivity contribution in [2.24, 2.45) is 0 Å². The van der Waals surface area contributed by atoms with Crippen molar-refractivity contribution in [1.29, 1.82) is 0 Å². The average Bonchev–Trinajstić information content (AvgIpc) is 2.32. The van der Waals surface area contributed by atoms with Gasteiger partial charge in [0, 0.05) is 12.2 Å². The monoisotopic (exact) mass is 231 g/mol. The van der Waals surface area contributed by atoms with Crippen LogP contribution in [0.3, 0.4) is 0 Å². The lowest BCUT2D eigenvalue weighted by Gasteiger charge is -2.10. The first-order valence-corrected chi connectivity index (χ1v) is 4.82. The van der Waals surface area contributed by atoms with Crippen LogP contribution in [0.15, 0.2) is 10.8 Å². The number of hydrogen-bond acceptors (Lipinski definition) is 2. The first-order chi connectivity index (χ1) is 5.65. The van der Waals surface area contributed by atoms with E-state index in [0.29, 0.717) is 6.04 Å². The second-order valence-electron chi connectivity index (χ2n) is 3.01. The highest BCUT2D eigenvalue weighted by molar-refractivity contribution is 9.10. The molecular formula is C8H14BrN3. The molecule has 0 unspecified atom stereocenters. The van der Waals surface area contributed by atoms with E-state index in [-0.39, 0.29) is 0 Å². The largest absolute Gasteiger partial charge is 0.330 e. The second-order valence-corrected chi connectivity index (χ2v) is 3.82. The van der Waals surface area contributed by atoms with E-state index in [2.05, 4.69) is 44.6 Å². The van der Waals surface area contributed by atoms with E-state index in [1.807, 2.05) is 13.2 Å². The summed E-state index contributed by atoms with van der Waals surface area (Å²) in [6, 6.07) is 0.465. The van der Waals surface area contributed by atoms with Gasteiger partial charge in [-0.05, 0) is 36.8 Å². The molecule has 0 spiro atoms. The lowest BCUT2D eigenvalue weighted by atomic mass is 10.4. The lowest BCUT2D eigenvalue weighted by molar-refractivity contribution is 0.555. The van der Waals surface area contributed by atoms with E-state index in [9.17, 15) is 0 Å². The maximum absolute atomic E-state index is 4.34. The first-order valence-electron chi connectivity index (χ1n) is 4.03. The van der Waals surface area contributed by atoms with Crippen LogP contribution in [0.25, 0.3) is 0 Å². The van der Waals surface area contributed by atoms with Crippen molar-refractivity contribution < 1.29 is 0 Å². The fourth-order valence-corrected chi connectivity index (χ4v) is 1.56. The molecule has 1 heterocycles. The molecule has 4 heteroatoms. The highest BCUT2D eigenvalue weighted by Crippen LogP contribution is 2.14. The summed E-state index contributed by atoms with van der Waals surface area (Å²) in [7, 11) is 1.92. The van der Waals surface area contributed by atoms with E-state index in [0.717, 1.165) is 17.0 Å². The summed E-state index contributed by atoms with van der Waals surface area (Å²) in [5.74, 6) is 1.07. The van der Waals surface area contributed by atoms with Gasteiger partial charge in [0.15, 0.2) is 0 Å². The SMILES string of the molecule is CNCc1nc(Br)cn1C(C)C. The van der Waals surface area contributed by atoms with Crippen LogP contribution in [0.1, 0.15) is 25.7 Å². The summed E-state index contributed by atoms with van der Waals surface area (Å²) < 4.78 is 3.06. The van der Waals surface area contributed by atoms with Gasteiger partial charge in [-0.2, -0.15) is 0 Å². The number of nitrogens with zero attached hydrogens (tertiary/aromatic N) is 2. The highest BCUT2D eigenvalue weighted by atomic mass is 79.9. The first kappa shape index (κ1) is 9.74. The van der Waals surface area contributed by atoms with Crippen LogP contribution in [-0.4, -0.2) is 16.6 Å². The Morgan fingerprint density at radius 2 is 2.33 bits per heavy atom. The Kier molecular flexibility index (Phi) is 3.29. The molecular weight excluding hydrogens is 218 g/mol. The topological polar surface area (TPSA) is 29.9 Å². The predicted octanol–water partition coefficient (Wildman–Crippen LogP) is 1.95. The Hall–Kier alpha value is -0.350. The lowest BCUT2D eigenvalue weighted by Crippen LogP contribution is -2.13. The van der Waals surface area contributed by atoms with Crippen molar-refractivity contribution in [3.63, 3.8) is 0 Å². The molecule has 0 saturated heterocycles. The molecule has 0 aliphatic rings. The molecule has 1 rings (SSSR count). The van der Waals surface area contributed by atoms with Crippen molar-refractivity contribution in [2.45, 2.75) is 26.4 Å². The molecule has 0 atom stereocenters. The van der Waals surface area contributed by atoms with Crippen molar-refractivity contribution >= 4 is 15.9 Å². The number of hydrogen-bond donors (Lipinski definition) is 1. The number of halogens is 1. The van der Waals surface area contributed by atoms with E-state index in [1.54, 1.807) is 0 Å². The normalized spacial score (nSPS) is 11.1. The summed E-state index contributed by atoms with van der Waals surface area (Å²) in [6.45, 7) is 5.10. The number of aromatic nitrogens is 2. The van der Waals surface area contributed by atoms with Crippen molar-refractivity contribution in [1.82, 2.24) is 14.9 Å². The molecule has 0 aliphatic carbocycles. The smallest absolute Gasteiger partial charge is 0.124 e. The second kappa shape index (κ2) is 4.05. The third-order valence-corrected chi connectivity index (χ3v) is 2.05. The van der Waals surface area contributed by atoms with Gasteiger partial charge in [0.2, 0.25) is 0 Å². The predicted molar refractivity (Wildman–Crippen MR) is 53.1 cm³/mol. The number of rotatable bonds is 3. The molecule has 3 nitrogen and oxygen atoms in total. The van der Waals surface area contributed by atoms with Crippen LogP contribution in [0.5, 0.6) is 0 Å². The summed E-state index contributed by atoms with van der Waals surface area (Å²) in [5, 5.41) is 3.09. The Morgan fingerprint density at radius 3 is 2.83 bits per heavy atom. The van der Waals surface area contributed by atoms with Gasteiger partial charge in [0.05, 0.1) is 6.54 Å². The van der Waals surface area contributed by atoms with Crippen LogP contribution in [0.2, 0.25) is 0 Å². The third kappa shape index (κ3) is 2.08. The van der Waals surface area contributed by atoms with Crippen LogP contribution >= 0.6 is 15.9 Å². The summed E-state index contributed by atoms with van der Waals surface area (Å²) in [4.78, 5) is 4.34. The summed E-state index contributed by atoms with van der Waals surface area (Å²) >= 11 is 3.36.